The standard InChI is InChI=1S/C22H23N5O5S/c1-31-19-13-14(7-10-23-19)16-5-6-18-17(9-12-32-18)21(16)24-22(28)26-33(29,30)20-8-11-27(25-20)15-3-2-4-15/h5-8,10-11,13,15H,2-4,9,12H2,1H3,(H2,24,26,28). The van der Waals surface area contributed by atoms with Gasteiger partial charge in [-0.25, -0.2) is 14.5 Å². The van der Waals surface area contributed by atoms with Crippen LogP contribution in [0.4, 0.5) is 10.5 Å². The summed E-state index contributed by atoms with van der Waals surface area (Å²) in [6, 6.07) is 7.90. The van der Waals surface area contributed by atoms with Crippen molar-refractivity contribution in [2.75, 3.05) is 19.0 Å². The minimum atomic E-state index is -4.13. The van der Waals surface area contributed by atoms with Crippen LogP contribution in [0.25, 0.3) is 11.1 Å². The normalized spacial score (nSPS) is 15.3. The van der Waals surface area contributed by atoms with Crippen LogP contribution in [0.3, 0.4) is 0 Å². The first-order valence-corrected chi connectivity index (χ1v) is 12.1. The van der Waals surface area contributed by atoms with E-state index in [1.54, 1.807) is 29.2 Å². The molecule has 0 spiro atoms. The van der Waals surface area contributed by atoms with E-state index < -0.39 is 16.1 Å². The maximum Gasteiger partial charge on any atom is 0.333 e. The van der Waals surface area contributed by atoms with Crippen LogP contribution in [0, 0.1) is 0 Å². The molecule has 11 heteroatoms. The highest BCUT2D eigenvalue weighted by atomic mass is 32.2. The maximum atomic E-state index is 12.8. The third-order valence-electron chi connectivity index (χ3n) is 5.91. The van der Waals surface area contributed by atoms with E-state index in [1.165, 1.54) is 13.2 Å². The molecule has 5 rings (SSSR count). The number of ether oxygens (including phenoxy) is 2. The molecule has 3 heterocycles. The summed E-state index contributed by atoms with van der Waals surface area (Å²) in [5.41, 5.74) is 2.73. The average molecular weight is 470 g/mol. The quantitative estimate of drug-likeness (QED) is 0.568. The summed E-state index contributed by atoms with van der Waals surface area (Å²) in [6.07, 6.45) is 6.86. The van der Waals surface area contributed by atoms with E-state index in [-0.39, 0.29) is 11.1 Å². The largest absolute Gasteiger partial charge is 0.493 e. The zero-order chi connectivity index (χ0) is 23.0. The average Bonchev–Trinajstić information content (AvgIpc) is 3.43. The van der Waals surface area contributed by atoms with Crippen molar-refractivity contribution in [1.82, 2.24) is 19.5 Å². The van der Waals surface area contributed by atoms with E-state index >= 15 is 0 Å². The van der Waals surface area contributed by atoms with Crippen LogP contribution in [0.15, 0.2) is 47.8 Å². The molecule has 2 aliphatic rings. The van der Waals surface area contributed by atoms with Gasteiger partial charge in [-0.1, -0.05) is 0 Å². The smallest absolute Gasteiger partial charge is 0.333 e. The highest BCUT2D eigenvalue weighted by Gasteiger charge is 2.27. The lowest BCUT2D eigenvalue weighted by Gasteiger charge is -2.25. The van der Waals surface area contributed by atoms with E-state index in [0.29, 0.717) is 35.9 Å². The number of methoxy groups -OCH3 is 1. The lowest BCUT2D eigenvalue weighted by molar-refractivity contribution is 0.256. The van der Waals surface area contributed by atoms with Gasteiger partial charge in [0, 0.05) is 36.0 Å². The zero-order valence-corrected chi connectivity index (χ0v) is 18.8. The monoisotopic (exact) mass is 469 g/mol. The summed E-state index contributed by atoms with van der Waals surface area (Å²) in [7, 11) is -2.61. The molecule has 3 aromatic rings. The first-order valence-electron chi connectivity index (χ1n) is 10.6. The van der Waals surface area contributed by atoms with Gasteiger partial charge in [-0.2, -0.15) is 13.5 Å². The van der Waals surface area contributed by atoms with Crippen molar-refractivity contribution >= 4 is 21.7 Å². The second kappa shape index (κ2) is 8.39. The lowest BCUT2D eigenvalue weighted by Crippen LogP contribution is -2.35. The number of urea groups is 1. The van der Waals surface area contributed by atoms with Gasteiger partial charge < -0.3 is 14.8 Å². The number of nitrogens with zero attached hydrogens (tertiary/aromatic N) is 3. The van der Waals surface area contributed by atoms with Gasteiger partial charge in [0.2, 0.25) is 5.88 Å². The van der Waals surface area contributed by atoms with Crippen LogP contribution in [-0.2, 0) is 16.4 Å². The Morgan fingerprint density at radius 3 is 2.85 bits per heavy atom. The highest BCUT2D eigenvalue weighted by molar-refractivity contribution is 7.90. The van der Waals surface area contributed by atoms with Crippen LogP contribution in [0.1, 0.15) is 30.9 Å². The Morgan fingerprint density at radius 2 is 2.09 bits per heavy atom. The number of nitrogens with one attached hydrogen (secondary N) is 2. The molecule has 0 radical (unpaired) electrons. The van der Waals surface area contributed by atoms with Gasteiger partial charge in [0.15, 0.2) is 5.03 Å². The van der Waals surface area contributed by atoms with E-state index in [0.717, 1.165) is 30.4 Å². The number of sulfonamides is 1. The number of anilines is 1. The predicted molar refractivity (Wildman–Crippen MR) is 120 cm³/mol. The van der Waals surface area contributed by atoms with Crippen LogP contribution >= 0.6 is 0 Å². The predicted octanol–water partition coefficient (Wildman–Crippen LogP) is 3.12. The Morgan fingerprint density at radius 1 is 1.24 bits per heavy atom. The molecule has 2 aromatic heterocycles. The van der Waals surface area contributed by atoms with Gasteiger partial charge in [0.1, 0.15) is 5.75 Å². The van der Waals surface area contributed by atoms with Gasteiger partial charge in [-0.15, -0.1) is 0 Å². The lowest BCUT2D eigenvalue weighted by atomic mass is 9.93. The molecule has 1 aliphatic heterocycles. The Balaban J connectivity index is 1.42. The van der Waals surface area contributed by atoms with Crippen molar-refractivity contribution in [3.8, 4) is 22.8 Å². The molecular formula is C22H23N5O5S. The minimum Gasteiger partial charge on any atom is -0.493 e. The Bertz CT molecular complexity index is 1320. The molecule has 2 amide bonds. The van der Waals surface area contributed by atoms with Gasteiger partial charge in [0.25, 0.3) is 10.0 Å². The number of carbonyl (C=O) groups is 1. The van der Waals surface area contributed by atoms with Crippen molar-refractivity contribution in [3.05, 3.63) is 48.3 Å². The molecule has 0 bridgehead atoms. The Labute approximate surface area is 191 Å². The molecule has 1 saturated carbocycles. The molecular weight excluding hydrogens is 446 g/mol. The fourth-order valence-corrected chi connectivity index (χ4v) is 4.82. The molecule has 10 nitrogen and oxygen atoms in total. The number of benzene rings is 1. The Kier molecular flexibility index (Phi) is 5.41. The second-order valence-electron chi connectivity index (χ2n) is 7.93. The number of carbonyl (C=O) groups excluding carboxylic acids is 1. The molecule has 172 valence electrons. The molecule has 2 N–H and O–H groups in total. The van der Waals surface area contributed by atoms with Gasteiger partial charge in [0.05, 0.1) is 25.4 Å². The van der Waals surface area contributed by atoms with Crippen LogP contribution in [0.2, 0.25) is 0 Å². The first-order chi connectivity index (χ1) is 15.9. The number of aromatic nitrogens is 3. The third kappa shape index (κ3) is 4.11. The van der Waals surface area contributed by atoms with E-state index in [4.69, 9.17) is 9.47 Å². The Hall–Kier alpha value is -3.60. The molecule has 0 unspecified atom stereocenters. The van der Waals surface area contributed by atoms with E-state index in [1.807, 2.05) is 12.1 Å². The van der Waals surface area contributed by atoms with Crippen molar-refractivity contribution in [2.24, 2.45) is 0 Å². The minimum absolute atomic E-state index is 0.190. The molecule has 1 aliphatic carbocycles. The van der Waals surface area contributed by atoms with Gasteiger partial charge in [-0.3, -0.25) is 4.68 Å². The summed E-state index contributed by atoms with van der Waals surface area (Å²) in [5.74, 6) is 1.07. The summed E-state index contributed by atoms with van der Waals surface area (Å²) < 4.78 is 40.1. The van der Waals surface area contributed by atoms with Crippen molar-refractivity contribution in [2.45, 2.75) is 36.8 Å². The highest BCUT2D eigenvalue weighted by Crippen LogP contribution is 2.40. The number of fused-ring (bicyclic) bond motifs is 1. The van der Waals surface area contributed by atoms with Crippen LogP contribution in [-0.4, -0.2) is 42.9 Å². The topological polar surface area (TPSA) is 124 Å². The second-order valence-corrected chi connectivity index (χ2v) is 9.56. The summed E-state index contributed by atoms with van der Waals surface area (Å²) in [5, 5.41) is 6.68. The molecule has 0 saturated heterocycles. The molecule has 33 heavy (non-hydrogen) atoms. The van der Waals surface area contributed by atoms with E-state index in [9.17, 15) is 13.2 Å². The van der Waals surface area contributed by atoms with Crippen LogP contribution < -0.4 is 19.5 Å². The number of amides is 2. The van der Waals surface area contributed by atoms with Gasteiger partial charge >= 0.3 is 6.03 Å². The first kappa shape index (κ1) is 21.3. The van der Waals surface area contributed by atoms with E-state index in [2.05, 4.69) is 20.1 Å². The fraction of sp³-hybridized carbons (Fsp3) is 0.318. The molecule has 1 aromatic carbocycles. The summed E-state index contributed by atoms with van der Waals surface area (Å²) >= 11 is 0. The SMILES string of the molecule is COc1cc(-c2ccc3c(c2NC(=O)NS(=O)(=O)c2ccn(C4CCC4)n2)CCO3)ccn1. The zero-order valence-electron chi connectivity index (χ0n) is 17.9. The fourth-order valence-electron chi connectivity index (χ4n) is 3.98. The van der Waals surface area contributed by atoms with Gasteiger partial charge in [-0.05, 0) is 49.1 Å². The third-order valence-corrected chi connectivity index (χ3v) is 7.13. The molecule has 1 fully saturated rings. The van der Waals surface area contributed by atoms with Crippen molar-refractivity contribution in [3.63, 3.8) is 0 Å². The van der Waals surface area contributed by atoms with Crippen molar-refractivity contribution < 1.29 is 22.7 Å². The van der Waals surface area contributed by atoms with Crippen molar-refractivity contribution in [1.29, 1.82) is 0 Å². The number of pyridine rings is 1. The summed E-state index contributed by atoms with van der Waals surface area (Å²) in [4.78, 5) is 16.9. The van der Waals surface area contributed by atoms with Crippen LogP contribution in [0.5, 0.6) is 11.6 Å². The maximum absolute atomic E-state index is 12.8. The number of hydrogen-bond donors (Lipinski definition) is 2. The number of rotatable bonds is 6. The number of hydrogen-bond acceptors (Lipinski definition) is 7. The summed E-state index contributed by atoms with van der Waals surface area (Å²) in [6.45, 7) is 0.478. The molecule has 0 atom stereocenters.